The van der Waals surface area contributed by atoms with E-state index in [1.165, 1.54) is 24.3 Å². The first-order valence-electron chi connectivity index (χ1n) is 6.58. The van der Waals surface area contributed by atoms with E-state index in [4.69, 9.17) is 0 Å². The minimum atomic E-state index is -3.64. The van der Waals surface area contributed by atoms with Gasteiger partial charge in [-0.3, -0.25) is 10.1 Å². The lowest BCUT2D eigenvalue weighted by Crippen LogP contribution is -2.29. The summed E-state index contributed by atoms with van der Waals surface area (Å²) in [5.41, 5.74) is -0.360. The molecule has 0 aliphatic heterocycles. The molecular weight excluding hydrogens is 280 g/mol. The Labute approximate surface area is 119 Å². The number of nitrogens with zero attached hydrogens (tertiary/aromatic N) is 1. The van der Waals surface area contributed by atoms with Gasteiger partial charge in [-0.1, -0.05) is 19.1 Å². The number of nitro benzene ring substituents is 1. The largest absolute Gasteiger partial charge is 0.314 e. The fraction of sp³-hybridized carbons (Fsp3) is 0.538. The molecule has 0 heterocycles. The first kappa shape index (κ1) is 16.6. The Hall–Kier alpha value is -1.47. The third kappa shape index (κ3) is 4.57. The smallest absolute Gasteiger partial charge is 0.287 e. The van der Waals surface area contributed by atoms with Crippen LogP contribution in [0.25, 0.3) is 0 Å². The highest BCUT2D eigenvalue weighted by Gasteiger charge is 2.25. The molecule has 0 bridgehead atoms. The summed E-state index contributed by atoms with van der Waals surface area (Å²) in [5.74, 6) is -0.101. The molecule has 1 rings (SSSR count). The third-order valence-electron chi connectivity index (χ3n) is 2.96. The number of benzene rings is 1. The molecule has 20 heavy (non-hydrogen) atoms. The summed E-state index contributed by atoms with van der Waals surface area (Å²) < 4.78 is 24.4. The fourth-order valence-corrected chi connectivity index (χ4v) is 3.44. The van der Waals surface area contributed by atoms with E-state index in [9.17, 15) is 18.5 Å². The summed E-state index contributed by atoms with van der Waals surface area (Å²) in [4.78, 5) is 10.0. The standard InChI is InChI=1S/C13H20N2O4S/c1-3-9-14-11(2)8-10-20(18,19)13-7-5-4-6-12(13)15(16)17/h4-7,11,14H,3,8-10H2,1-2H3. The van der Waals surface area contributed by atoms with Gasteiger partial charge in [0, 0.05) is 12.1 Å². The molecule has 0 aromatic heterocycles. The Morgan fingerprint density at radius 1 is 1.35 bits per heavy atom. The number of para-hydroxylation sites is 1. The highest BCUT2D eigenvalue weighted by atomic mass is 32.2. The number of nitro groups is 1. The Bertz CT molecular complexity index is 557. The zero-order chi connectivity index (χ0) is 15.2. The van der Waals surface area contributed by atoms with Crippen LogP contribution >= 0.6 is 0 Å². The van der Waals surface area contributed by atoms with E-state index >= 15 is 0 Å². The van der Waals surface area contributed by atoms with Gasteiger partial charge in [0.1, 0.15) is 4.90 Å². The van der Waals surface area contributed by atoms with E-state index in [0.29, 0.717) is 6.42 Å². The molecule has 0 spiro atoms. The summed E-state index contributed by atoms with van der Waals surface area (Å²) >= 11 is 0. The number of nitrogens with one attached hydrogen (secondary N) is 1. The van der Waals surface area contributed by atoms with E-state index in [2.05, 4.69) is 5.32 Å². The van der Waals surface area contributed by atoms with Crippen LogP contribution in [0.15, 0.2) is 29.2 Å². The number of sulfone groups is 1. The van der Waals surface area contributed by atoms with Gasteiger partial charge in [-0.05, 0) is 32.4 Å². The molecule has 7 heteroatoms. The van der Waals surface area contributed by atoms with Crippen molar-refractivity contribution in [2.24, 2.45) is 0 Å². The first-order chi connectivity index (χ1) is 9.38. The number of hydrogen-bond donors (Lipinski definition) is 1. The van der Waals surface area contributed by atoms with Gasteiger partial charge in [-0.15, -0.1) is 0 Å². The highest BCUT2D eigenvalue weighted by molar-refractivity contribution is 7.91. The summed E-state index contributed by atoms with van der Waals surface area (Å²) in [6.07, 6.45) is 1.40. The van der Waals surface area contributed by atoms with Crippen molar-refractivity contribution in [3.63, 3.8) is 0 Å². The van der Waals surface area contributed by atoms with Crippen LogP contribution in [0.3, 0.4) is 0 Å². The number of rotatable bonds is 8. The molecule has 0 radical (unpaired) electrons. The summed E-state index contributed by atoms with van der Waals surface area (Å²) in [6.45, 7) is 4.76. The Morgan fingerprint density at radius 2 is 2.00 bits per heavy atom. The molecule has 112 valence electrons. The van der Waals surface area contributed by atoms with Crippen LogP contribution in [0, 0.1) is 10.1 Å². The number of hydrogen-bond acceptors (Lipinski definition) is 5. The van der Waals surface area contributed by atoms with Crippen molar-refractivity contribution in [1.82, 2.24) is 5.32 Å². The maximum Gasteiger partial charge on any atom is 0.287 e. The van der Waals surface area contributed by atoms with Gasteiger partial charge in [0.15, 0.2) is 9.84 Å². The monoisotopic (exact) mass is 300 g/mol. The van der Waals surface area contributed by atoms with Crippen LogP contribution in [-0.4, -0.2) is 31.7 Å². The van der Waals surface area contributed by atoms with E-state index in [1.807, 2.05) is 13.8 Å². The first-order valence-corrected chi connectivity index (χ1v) is 8.23. The molecule has 0 saturated heterocycles. The van der Waals surface area contributed by atoms with Crippen LogP contribution in [-0.2, 0) is 9.84 Å². The molecule has 1 unspecified atom stereocenters. The van der Waals surface area contributed by atoms with Gasteiger partial charge in [0.05, 0.1) is 10.7 Å². The SMILES string of the molecule is CCCNC(C)CCS(=O)(=O)c1ccccc1[N+](=O)[O-]. The van der Waals surface area contributed by atoms with E-state index in [0.717, 1.165) is 13.0 Å². The predicted molar refractivity (Wildman–Crippen MR) is 77.5 cm³/mol. The molecule has 0 fully saturated rings. The van der Waals surface area contributed by atoms with Crippen LogP contribution in [0.1, 0.15) is 26.7 Å². The van der Waals surface area contributed by atoms with Crippen molar-refractivity contribution in [3.8, 4) is 0 Å². The van der Waals surface area contributed by atoms with Crippen molar-refractivity contribution >= 4 is 15.5 Å². The van der Waals surface area contributed by atoms with E-state index in [1.54, 1.807) is 0 Å². The third-order valence-corrected chi connectivity index (χ3v) is 4.75. The average molecular weight is 300 g/mol. The minimum absolute atomic E-state index is 0.0625. The van der Waals surface area contributed by atoms with Gasteiger partial charge < -0.3 is 5.32 Å². The van der Waals surface area contributed by atoms with Gasteiger partial charge in [-0.2, -0.15) is 0 Å². The quantitative estimate of drug-likeness (QED) is 0.587. The zero-order valence-electron chi connectivity index (χ0n) is 11.7. The second-order valence-electron chi connectivity index (χ2n) is 4.69. The molecule has 1 N–H and O–H groups in total. The van der Waals surface area contributed by atoms with Crippen LogP contribution in [0.4, 0.5) is 5.69 Å². The van der Waals surface area contributed by atoms with Crippen molar-refractivity contribution < 1.29 is 13.3 Å². The second-order valence-corrected chi connectivity index (χ2v) is 6.77. The maximum atomic E-state index is 12.2. The highest BCUT2D eigenvalue weighted by Crippen LogP contribution is 2.24. The zero-order valence-corrected chi connectivity index (χ0v) is 12.5. The van der Waals surface area contributed by atoms with E-state index < -0.39 is 14.8 Å². The molecule has 1 aromatic rings. The Kier molecular flexibility index (Phi) is 6.09. The normalized spacial score (nSPS) is 13.1. The molecule has 0 saturated carbocycles. The summed E-state index contributed by atoms with van der Waals surface area (Å²) in [7, 11) is -3.64. The lowest BCUT2D eigenvalue weighted by Gasteiger charge is -2.13. The fourth-order valence-electron chi connectivity index (χ4n) is 1.81. The van der Waals surface area contributed by atoms with Gasteiger partial charge in [0.25, 0.3) is 5.69 Å². The lowest BCUT2D eigenvalue weighted by molar-refractivity contribution is -0.387. The summed E-state index contributed by atoms with van der Waals surface area (Å²) in [6, 6.07) is 5.53. The second kappa shape index (κ2) is 7.35. The minimum Gasteiger partial charge on any atom is -0.314 e. The Morgan fingerprint density at radius 3 is 2.60 bits per heavy atom. The van der Waals surface area contributed by atoms with Crippen molar-refractivity contribution in [2.45, 2.75) is 37.6 Å². The molecular formula is C13H20N2O4S. The van der Waals surface area contributed by atoms with Crippen molar-refractivity contribution in [3.05, 3.63) is 34.4 Å². The van der Waals surface area contributed by atoms with Crippen LogP contribution in [0.5, 0.6) is 0 Å². The molecule has 1 aromatic carbocycles. The Balaban J connectivity index is 2.82. The van der Waals surface area contributed by atoms with Crippen LogP contribution in [0.2, 0.25) is 0 Å². The molecule has 6 nitrogen and oxygen atoms in total. The topological polar surface area (TPSA) is 89.3 Å². The van der Waals surface area contributed by atoms with Crippen molar-refractivity contribution in [1.29, 1.82) is 0 Å². The molecule has 1 atom stereocenters. The maximum absolute atomic E-state index is 12.2. The molecule has 0 amide bonds. The van der Waals surface area contributed by atoms with Crippen LogP contribution < -0.4 is 5.32 Å². The molecule has 0 aliphatic rings. The van der Waals surface area contributed by atoms with Crippen molar-refractivity contribution in [2.75, 3.05) is 12.3 Å². The summed E-state index contributed by atoms with van der Waals surface area (Å²) in [5, 5.41) is 14.1. The average Bonchev–Trinajstić information content (AvgIpc) is 2.43. The lowest BCUT2D eigenvalue weighted by atomic mass is 10.2. The molecule has 0 aliphatic carbocycles. The van der Waals surface area contributed by atoms with Gasteiger partial charge in [0.2, 0.25) is 0 Å². The van der Waals surface area contributed by atoms with E-state index in [-0.39, 0.29) is 22.4 Å². The van der Waals surface area contributed by atoms with Gasteiger partial charge >= 0.3 is 0 Å². The predicted octanol–water partition coefficient (Wildman–Crippen LogP) is 2.15. The van der Waals surface area contributed by atoms with Gasteiger partial charge in [-0.25, -0.2) is 8.42 Å².